The molecule has 1 aromatic heterocycles. The van der Waals surface area contributed by atoms with Gasteiger partial charge < -0.3 is 5.32 Å². The third-order valence-corrected chi connectivity index (χ3v) is 4.49. The van der Waals surface area contributed by atoms with Crippen LogP contribution in [0.4, 0.5) is 5.69 Å². The molecule has 3 aromatic rings. The van der Waals surface area contributed by atoms with E-state index in [1.807, 2.05) is 53.1 Å². The average Bonchev–Trinajstić information content (AvgIpc) is 2.96. The van der Waals surface area contributed by atoms with Crippen molar-refractivity contribution in [1.29, 1.82) is 0 Å². The van der Waals surface area contributed by atoms with Gasteiger partial charge in [-0.05, 0) is 41.4 Å². The molecule has 0 aliphatic carbocycles. The first-order valence-electron chi connectivity index (χ1n) is 8.60. The van der Waals surface area contributed by atoms with Crippen molar-refractivity contribution in [3.8, 4) is 0 Å². The molecule has 0 aliphatic heterocycles. The second-order valence-electron chi connectivity index (χ2n) is 6.52. The fourth-order valence-electron chi connectivity index (χ4n) is 2.74. The summed E-state index contributed by atoms with van der Waals surface area (Å²) >= 11 is 5.31. The van der Waals surface area contributed by atoms with Crippen LogP contribution in [0.3, 0.4) is 0 Å². The number of H-pyrrole nitrogens is 1. The van der Waals surface area contributed by atoms with Crippen LogP contribution in [0.2, 0.25) is 0 Å². The van der Waals surface area contributed by atoms with Gasteiger partial charge in [-0.25, -0.2) is 0 Å². The molecule has 2 aromatic carbocycles. The zero-order chi connectivity index (χ0) is 18.5. The summed E-state index contributed by atoms with van der Waals surface area (Å²) < 4.78 is 2.37. The number of rotatable bonds is 6. The molecule has 2 N–H and O–H groups in total. The van der Waals surface area contributed by atoms with Gasteiger partial charge in [0.1, 0.15) is 5.82 Å². The molecule has 3 rings (SSSR count). The number of anilines is 1. The van der Waals surface area contributed by atoms with Crippen LogP contribution in [0, 0.1) is 4.77 Å². The molecular weight excluding hydrogens is 344 g/mol. The number of aromatic amines is 1. The third kappa shape index (κ3) is 4.46. The van der Waals surface area contributed by atoms with Crippen molar-refractivity contribution >= 4 is 23.8 Å². The maximum atomic E-state index is 12.5. The maximum Gasteiger partial charge on any atom is 0.232 e. The summed E-state index contributed by atoms with van der Waals surface area (Å²) in [5.41, 5.74) is 3.09. The zero-order valence-electron chi connectivity index (χ0n) is 14.9. The molecule has 0 spiro atoms. The zero-order valence-corrected chi connectivity index (χ0v) is 15.7. The van der Waals surface area contributed by atoms with E-state index in [9.17, 15) is 4.79 Å². The summed E-state index contributed by atoms with van der Waals surface area (Å²) in [6.07, 6.45) is 0.159. The Morgan fingerprint density at radius 3 is 2.69 bits per heavy atom. The number of hydrogen-bond acceptors (Lipinski definition) is 3. The maximum absolute atomic E-state index is 12.5. The van der Waals surface area contributed by atoms with E-state index in [1.165, 1.54) is 5.56 Å². The molecule has 6 heteroatoms. The van der Waals surface area contributed by atoms with E-state index < -0.39 is 0 Å². The van der Waals surface area contributed by atoms with Gasteiger partial charge in [-0.1, -0.05) is 56.3 Å². The Labute approximate surface area is 158 Å². The van der Waals surface area contributed by atoms with E-state index in [-0.39, 0.29) is 12.3 Å². The lowest BCUT2D eigenvalue weighted by Crippen LogP contribution is -2.18. The van der Waals surface area contributed by atoms with Gasteiger partial charge in [0.2, 0.25) is 5.91 Å². The summed E-state index contributed by atoms with van der Waals surface area (Å²) in [5, 5.41) is 9.96. The second-order valence-corrected chi connectivity index (χ2v) is 6.91. The number of carbonyl (C=O) groups is 1. The Bertz CT molecular complexity index is 944. The molecule has 1 heterocycles. The summed E-state index contributed by atoms with van der Waals surface area (Å²) in [4.78, 5) is 12.5. The van der Waals surface area contributed by atoms with Crippen LogP contribution in [0.5, 0.6) is 0 Å². The second kappa shape index (κ2) is 8.10. The standard InChI is InChI=1S/C20H22N4OS/c1-14(2)16-9-6-10-17(11-16)21-19(25)12-18-22-23-20(26)24(18)13-15-7-4-3-5-8-15/h3-11,14H,12-13H2,1-2H3,(H,21,25)(H,23,26). The quantitative estimate of drug-likeness (QED) is 0.640. The molecule has 0 aliphatic rings. The summed E-state index contributed by atoms with van der Waals surface area (Å²) in [7, 11) is 0. The van der Waals surface area contributed by atoms with Gasteiger partial charge in [0, 0.05) is 5.69 Å². The van der Waals surface area contributed by atoms with Gasteiger partial charge in [0.25, 0.3) is 0 Å². The molecule has 0 fully saturated rings. The predicted octanol–water partition coefficient (Wildman–Crippen LogP) is 4.29. The van der Waals surface area contributed by atoms with Gasteiger partial charge in [-0.3, -0.25) is 14.5 Å². The first-order valence-corrected chi connectivity index (χ1v) is 9.01. The minimum atomic E-state index is -0.116. The molecule has 5 nitrogen and oxygen atoms in total. The monoisotopic (exact) mass is 366 g/mol. The molecule has 0 atom stereocenters. The molecule has 0 unspecified atom stereocenters. The number of nitrogens with zero attached hydrogens (tertiary/aromatic N) is 2. The van der Waals surface area contributed by atoms with Gasteiger partial charge in [-0.2, -0.15) is 5.10 Å². The molecule has 1 amide bonds. The Balaban J connectivity index is 1.72. The summed E-state index contributed by atoms with van der Waals surface area (Å²) in [5.74, 6) is 0.916. The lowest BCUT2D eigenvalue weighted by Gasteiger charge is -2.10. The minimum Gasteiger partial charge on any atom is -0.326 e. The average molecular weight is 366 g/mol. The van der Waals surface area contributed by atoms with Crippen LogP contribution < -0.4 is 5.32 Å². The predicted molar refractivity (Wildman–Crippen MR) is 106 cm³/mol. The first-order chi connectivity index (χ1) is 12.5. The topological polar surface area (TPSA) is 62.7 Å². The Morgan fingerprint density at radius 2 is 1.96 bits per heavy atom. The van der Waals surface area contributed by atoms with E-state index in [4.69, 9.17) is 12.2 Å². The number of nitrogens with one attached hydrogen (secondary N) is 2. The molecule has 134 valence electrons. The van der Waals surface area contributed by atoms with Crippen LogP contribution in [-0.2, 0) is 17.8 Å². The minimum absolute atomic E-state index is 0.116. The lowest BCUT2D eigenvalue weighted by atomic mass is 10.0. The van der Waals surface area contributed by atoms with Crippen molar-refractivity contribution < 1.29 is 4.79 Å². The highest BCUT2D eigenvalue weighted by Crippen LogP contribution is 2.18. The number of aromatic nitrogens is 3. The molecule has 0 radical (unpaired) electrons. The molecule has 26 heavy (non-hydrogen) atoms. The number of hydrogen-bond donors (Lipinski definition) is 2. The Kier molecular flexibility index (Phi) is 5.63. The van der Waals surface area contributed by atoms with E-state index in [1.54, 1.807) is 0 Å². The van der Waals surface area contributed by atoms with E-state index in [0.717, 1.165) is 11.3 Å². The highest BCUT2D eigenvalue weighted by Gasteiger charge is 2.12. The van der Waals surface area contributed by atoms with Gasteiger partial charge in [0.15, 0.2) is 4.77 Å². The van der Waals surface area contributed by atoms with Crippen LogP contribution in [0.1, 0.15) is 36.7 Å². The summed E-state index contributed by atoms with van der Waals surface area (Å²) in [6, 6.07) is 17.9. The molecule has 0 bridgehead atoms. The SMILES string of the molecule is CC(C)c1cccc(NC(=O)Cc2n[nH]c(=S)n2Cc2ccccc2)c1. The van der Waals surface area contributed by atoms with E-state index in [0.29, 0.717) is 23.1 Å². The van der Waals surface area contributed by atoms with Crippen LogP contribution >= 0.6 is 12.2 Å². The van der Waals surface area contributed by atoms with E-state index >= 15 is 0 Å². The smallest absolute Gasteiger partial charge is 0.232 e. The third-order valence-electron chi connectivity index (χ3n) is 4.18. The van der Waals surface area contributed by atoms with Gasteiger partial charge in [-0.15, -0.1) is 0 Å². The highest BCUT2D eigenvalue weighted by molar-refractivity contribution is 7.71. The van der Waals surface area contributed by atoms with Crippen molar-refractivity contribution in [3.63, 3.8) is 0 Å². The largest absolute Gasteiger partial charge is 0.326 e. The van der Waals surface area contributed by atoms with Crippen LogP contribution in [0.25, 0.3) is 0 Å². The fraction of sp³-hybridized carbons (Fsp3) is 0.250. The normalized spacial score (nSPS) is 10.9. The molecular formula is C20H22N4OS. The Morgan fingerprint density at radius 1 is 1.19 bits per heavy atom. The number of amides is 1. The number of carbonyl (C=O) groups excluding carboxylic acids is 1. The van der Waals surface area contributed by atoms with Crippen molar-refractivity contribution in [2.24, 2.45) is 0 Å². The highest BCUT2D eigenvalue weighted by atomic mass is 32.1. The van der Waals surface area contributed by atoms with Crippen molar-refractivity contribution in [2.45, 2.75) is 32.7 Å². The Hall–Kier alpha value is -2.73. The lowest BCUT2D eigenvalue weighted by molar-refractivity contribution is -0.115. The van der Waals surface area contributed by atoms with Crippen molar-refractivity contribution in [2.75, 3.05) is 5.32 Å². The summed E-state index contributed by atoms with van der Waals surface area (Å²) in [6.45, 7) is 4.84. The molecule has 0 saturated heterocycles. The van der Waals surface area contributed by atoms with Gasteiger partial charge >= 0.3 is 0 Å². The first kappa shape index (κ1) is 18.1. The molecule has 0 saturated carbocycles. The van der Waals surface area contributed by atoms with E-state index in [2.05, 4.69) is 35.4 Å². The fourth-order valence-corrected chi connectivity index (χ4v) is 2.95. The van der Waals surface area contributed by atoms with Gasteiger partial charge in [0.05, 0.1) is 13.0 Å². The van der Waals surface area contributed by atoms with Crippen LogP contribution in [-0.4, -0.2) is 20.7 Å². The van der Waals surface area contributed by atoms with Crippen molar-refractivity contribution in [3.05, 3.63) is 76.3 Å². The number of benzene rings is 2. The van der Waals surface area contributed by atoms with Crippen molar-refractivity contribution in [1.82, 2.24) is 14.8 Å². The van der Waals surface area contributed by atoms with Crippen LogP contribution in [0.15, 0.2) is 54.6 Å².